The number of benzene rings is 1. The number of piperidine rings is 1. The topological polar surface area (TPSA) is 78.9 Å². The van der Waals surface area contributed by atoms with Gasteiger partial charge in [-0.2, -0.15) is 0 Å². The Hall–Kier alpha value is -2.08. The van der Waals surface area contributed by atoms with Crippen LogP contribution >= 0.6 is 0 Å². The van der Waals surface area contributed by atoms with Crippen LogP contribution in [0, 0.1) is 18.8 Å². The van der Waals surface area contributed by atoms with E-state index in [1.165, 1.54) is 0 Å². The fraction of sp³-hybridized carbons (Fsp3) is 0.579. The maximum atomic E-state index is 12.7. The molecule has 1 aliphatic heterocycles. The van der Waals surface area contributed by atoms with E-state index in [4.69, 9.17) is 4.74 Å². The maximum Gasteiger partial charge on any atom is 0.253 e. The molecule has 138 valence electrons. The molecule has 1 aliphatic rings. The second-order valence-electron chi connectivity index (χ2n) is 6.72. The molecule has 0 aliphatic carbocycles. The Kier molecular flexibility index (Phi) is 6.82. The van der Waals surface area contributed by atoms with Crippen LogP contribution in [0.5, 0.6) is 5.75 Å². The van der Waals surface area contributed by atoms with Gasteiger partial charge in [-0.3, -0.25) is 9.59 Å². The highest BCUT2D eigenvalue weighted by Gasteiger charge is 2.29. The summed E-state index contributed by atoms with van der Waals surface area (Å²) in [4.78, 5) is 26.3. The highest BCUT2D eigenvalue weighted by atomic mass is 16.5. The molecule has 1 aromatic carbocycles. The molecule has 0 radical (unpaired) electrons. The van der Waals surface area contributed by atoms with Crippen molar-refractivity contribution in [1.29, 1.82) is 0 Å². The third-order valence-corrected chi connectivity index (χ3v) is 4.84. The summed E-state index contributed by atoms with van der Waals surface area (Å²) in [6.45, 7) is 8.26. The molecule has 1 fully saturated rings. The van der Waals surface area contributed by atoms with Crippen LogP contribution in [0.2, 0.25) is 0 Å². The zero-order chi connectivity index (χ0) is 18.4. The molecule has 0 saturated carbocycles. The summed E-state index contributed by atoms with van der Waals surface area (Å²) >= 11 is 0. The lowest BCUT2D eigenvalue weighted by Crippen LogP contribution is -2.47. The number of nitrogens with one attached hydrogen (secondary N) is 1. The minimum Gasteiger partial charge on any atom is -0.508 e. The van der Waals surface area contributed by atoms with Crippen molar-refractivity contribution in [2.75, 3.05) is 32.8 Å². The summed E-state index contributed by atoms with van der Waals surface area (Å²) < 4.78 is 5.10. The monoisotopic (exact) mass is 348 g/mol. The molecule has 6 nitrogen and oxygen atoms in total. The van der Waals surface area contributed by atoms with Crippen molar-refractivity contribution < 1.29 is 19.4 Å². The van der Waals surface area contributed by atoms with Gasteiger partial charge < -0.3 is 20.1 Å². The molecule has 2 N–H and O–H groups in total. The molecule has 0 spiro atoms. The lowest BCUT2D eigenvalue weighted by atomic mass is 9.86. The first-order chi connectivity index (χ1) is 11.9. The van der Waals surface area contributed by atoms with Gasteiger partial charge in [0.25, 0.3) is 5.91 Å². The van der Waals surface area contributed by atoms with Crippen molar-refractivity contribution in [3.63, 3.8) is 0 Å². The van der Waals surface area contributed by atoms with Crippen molar-refractivity contribution in [3.05, 3.63) is 29.3 Å². The van der Waals surface area contributed by atoms with Gasteiger partial charge in [-0.05, 0) is 55.9 Å². The normalized spacial score (nSPS) is 20.4. The molecule has 1 saturated heterocycles. The van der Waals surface area contributed by atoms with Crippen LogP contribution in [0.3, 0.4) is 0 Å². The first-order valence-corrected chi connectivity index (χ1v) is 8.85. The SMILES string of the molecule is CCOCC(=O)NCC1CN(C(=O)c2ccc(O)c(C)c2)CCC1C. The van der Waals surface area contributed by atoms with Gasteiger partial charge in [0, 0.05) is 31.8 Å². The number of carbonyl (C=O) groups is 2. The van der Waals surface area contributed by atoms with Crippen LogP contribution in [0.1, 0.15) is 36.2 Å². The highest BCUT2D eigenvalue weighted by molar-refractivity contribution is 5.94. The number of ether oxygens (including phenoxy) is 1. The number of amides is 2. The van der Waals surface area contributed by atoms with E-state index in [9.17, 15) is 14.7 Å². The molecule has 2 amide bonds. The number of carbonyl (C=O) groups excluding carboxylic acids is 2. The zero-order valence-corrected chi connectivity index (χ0v) is 15.2. The largest absolute Gasteiger partial charge is 0.508 e. The lowest BCUT2D eigenvalue weighted by molar-refractivity contribution is -0.125. The second-order valence-corrected chi connectivity index (χ2v) is 6.72. The molecule has 1 heterocycles. The van der Waals surface area contributed by atoms with Crippen LogP contribution in [-0.2, 0) is 9.53 Å². The first-order valence-electron chi connectivity index (χ1n) is 8.85. The zero-order valence-electron chi connectivity index (χ0n) is 15.2. The van der Waals surface area contributed by atoms with Crippen molar-refractivity contribution in [1.82, 2.24) is 10.2 Å². The standard InChI is InChI=1S/C19H28N2O4/c1-4-25-12-18(23)20-10-16-11-21(8-7-13(16)2)19(24)15-5-6-17(22)14(3)9-15/h5-6,9,13,16,22H,4,7-8,10-12H2,1-3H3,(H,20,23). The summed E-state index contributed by atoms with van der Waals surface area (Å²) in [6.07, 6.45) is 0.912. The molecule has 0 aromatic heterocycles. The van der Waals surface area contributed by atoms with Crippen LogP contribution in [-0.4, -0.2) is 54.7 Å². The third-order valence-electron chi connectivity index (χ3n) is 4.84. The Labute approximate surface area is 149 Å². The van der Waals surface area contributed by atoms with E-state index in [0.717, 1.165) is 6.42 Å². The summed E-state index contributed by atoms with van der Waals surface area (Å²) in [5, 5.41) is 12.5. The van der Waals surface area contributed by atoms with Gasteiger partial charge in [-0.1, -0.05) is 6.92 Å². The van der Waals surface area contributed by atoms with Crippen molar-refractivity contribution in [2.24, 2.45) is 11.8 Å². The Morgan fingerprint density at radius 2 is 2.16 bits per heavy atom. The number of aromatic hydroxyl groups is 1. The number of rotatable bonds is 6. The van der Waals surface area contributed by atoms with E-state index < -0.39 is 0 Å². The fourth-order valence-electron chi connectivity index (χ4n) is 3.06. The molecule has 25 heavy (non-hydrogen) atoms. The van der Waals surface area contributed by atoms with Crippen LogP contribution in [0.15, 0.2) is 18.2 Å². The van der Waals surface area contributed by atoms with E-state index >= 15 is 0 Å². The molecule has 0 bridgehead atoms. The first kappa shape index (κ1) is 19.2. The van der Waals surface area contributed by atoms with E-state index in [0.29, 0.717) is 43.3 Å². The number of aryl methyl sites for hydroxylation is 1. The summed E-state index contributed by atoms with van der Waals surface area (Å²) in [6, 6.07) is 4.93. The van der Waals surface area contributed by atoms with Crippen molar-refractivity contribution in [2.45, 2.75) is 27.2 Å². The van der Waals surface area contributed by atoms with E-state index in [-0.39, 0.29) is 30.1 Å². The average molecular weight is 348 g/mol. The molecular formula is C19H28N2O4. The minimum atomic E-state index is -0.119. The van der Waals surface area contributed by atoms with Gasteiger partial charge in [0.1, 0.15) is 12.4 Å². The quantitative estimate of drug-likeness (QED) is 0.824. The lowest BCUT2D eigenvalue weighted by Gasteiger charge is -2.37. The van der Waals surface area contributed by atoms with Crippen LogP contribution in [0.25, 0.3) is 0 Å². The Bertz CT molecular complexity index is 617. The summed E-state index contributed by atoms with van der Waals surface area (Å²) in [5.41, 5.74) is 1.28. The number of hydrogen-bond acceptors (Lipinski definition) is 4. The van der Waals surface area contributed by atoms with Gasteiger partial charge in [0.2, 0.25) is 5.91 Å². The Morgan fingerprint density at radius 3 is 2.84 bits per heavy atom. The number of phenolic OH excluding ortho intramolecular Hbond substituents is 1. The maximum absolute atomic E-state index is 12.7. The summed E-state index contributed by atoms with van der Waals surface area (Å²) in [7, 11) is 0. The molecule has 2 rings (SSSR count). The van der Waals surface area contributed by atoms with Gasteiger partial charge in [-0.15, -0.1) is 0 Å². The van der Waals surface area contributed by atoms with Gasteiger partial charge in [0.05, 0.1) is 0 Å². The number of phenols is 1. The molecule has 1 aromatic rings. The van der Waals surface area contributed by atoms with E-state index in [1.807, 2.05) is 11.8 Å². The fourth-order valence-corrected chi connectivity index (χ4v) is 3.06. The van der Waals surface area contributed by atoms with Crippen LogP contribution in [0.4, 0.5) is 0 Å². The van der Waals surface area contributed by atoms with Crippen molar-refractivity contribution in [3.8, 4) is 5.75 Å². The Morgan fingerprint density at radius 1 is 1.40 bits per heavy atom. The predicted molar refractivity (Wildman–Crippen MR) is 95.5 cm³/mol. The number of likely N-dealkylation sites (tertiary alicyclic amines) is 1. The molecular weight excluding hydrogens is 320 g/mol. The smallest absolute Gasteiger partial charge is 0.253 e. The van der Waals surface area contributed by atoms with E-state index in [2.05, 4.69) is 12.2 Å². The van der Waals surface area contributed by atoms with Gasteiger partial charge in [0.15, 0.2) is 0 Å². The Balaban J connectivity index is 1.95. The number of hydrogen-bond donors (Lipinski definition) is 2. The van der Waals surface area contributed by atoms with E-state index in [1.54, 1.807) is 25.1 Å². The van der Waals surface area contributed by atoms with Crippen LogP contribution < -0.4 is 5.32 Å². The van der Waals surface area contributed by atoms with Crippen molar-refractivity contribution >= 4 is 11.8 Å². The molecule has 2 unspecified atom stereocenters. The number of nitrogens with zero attached hydrogens (tertiary/aromatic N) is 1. The molecule has 2 atom stereocenters. The van der Waals surface area contributed by atoms with Gasteiger partial charge in [-0.25, -0.2) is 0 Å². The minimum absolute atomic E-state index is 0.0272. The summed E-state index contributed by atoms with van der Waals surface area (Å²) in [5.74, 6) is 0.713. The third kappa shape index (κ3) is 5.19. The second kappa shape index (κ2) is 8.85. The predicted octanol–water partition coefficient (Wildman–Crippen LogP) is 1.95. The highest BCUT2D eigenvalue weighted by Crippen LogP contribution is 2.25. The molecule has 6 heteroatoms. The van der Waals surface area contributed by atoms with Gasteiger partial charge >= 0.3 is 0 Å². The average Bonchev–Trinajstić information content (AvgIpc) is 2.61.